The fourth-order valence-corrected chi connectivity index (χ4v) is 3.94. The lowest BCUT2D eigenvalue weighted by molar-refractivity contribution is -0.384. The van der Waals surface area contributed by atoms with Gasteiger partial charge in [-0.2, -0.15) is 5.10 Å². The van der Waals surface area contributed by atoms with E-state index >= 15 is 0 Å². The number of aromatic amines is 1. The van der Waals surface area contributed by atoms with E-state index in [1.807, 2.05) is 6.92 Å². The number of para-hydroxylation sites is 1. The monoisotopic (exact) mass is 538 g/mol. The van der Waals surface area contributed by atoms with E-state index in [2.05, 4.69) is 26.0 Å². The number of ether oxygens (including phenoxy) is 2. The summed E-state index contributed by atoms with van der Waals surface area (Å²) in [5.74, 6) is 0.796. The van der Waals surface area contributed by atoms with Gasteiger partial charge in [0.1, 0.15) is 6.61 Å². The largest absolute Gasteiger partial charge is 0.490 e. The molecule has 0 unspecified atom stereocenters. The fourth-order valence-electron chi connectivity index (χ4n) is 3.36. The first-order chi connectivity index (χ1) is 16.9. The predicted molar refractivity (Wildman–Crippen MR) is 135 cm³/mol. The molecule has 178 valence electrons. The molecule has 0 amide bonds. The minimum Gasteiger partial charge on any atom is -0.490 e. The number of aromatic nitrogens is 2. The first kappa shape index (κ1) is 23.9. The van der Waals surface area contributed by atoms with Crippen LogP contribution in [0.4, 0.5) is 5.69 Å². The lowest BCUT2D eigenvalue weighted by Crippen LogP contribution is -2.32. The molecule has 1 heterocycles. The quantitative estimate of drug-likeness (QED) is 0.203. The van der Waals surface area contributed by atoms with Gasteiger partial charge < -0.3 is 14.5 Å². The summed E-state index contributed by atoms with van der Waals surface area (Å²) in [6.07, 6.45) is 1.36. The van der Waals surface area contributed by atoms with Gasteiger partial charge >= 0.3 is 5.69 Å². The molecule has 0 aliphatic heterocycles. The van der Waals surface area contributed by atoms with Crippen molar-refractivity contribution in [3.8, 4) is 11.5 Å². The molecule has 0 aliphatic rings. The predicted octanol–water partition coefficient (Wildman–Crippen LogP) is 4.22. The number of nitro groups is 1. The van der Waals surface area contributed by atoms with E-state index in [1.165, 1.54) is 18.3 Å². The van der Waals surface area contributed by atoms with Gasteiger partial charge in [0.05, 0.1) is 33.1 Å². The molecular weight excluding hydrogens is 520 g/mol. The van der Waals surface area contributed by atoms with Gasteiger partial charge in [-0.1, -0.05) is 24.3 Å². The second-order valence-electron chi connectivity index (χ2n) is 7.32. The van der Waals surface area contributed by atoms with E-state index in [4.69, 9.17) is 9.47 Å². The summed E-state index contributed by atoms with van der Waals surface area (Å²) >= 11 is 3.46. The van der Waals surface area contributed by atoms with Crippen molar-refractivity contribution in [2.75, 3.05) is 6.61 Å². The summed E-state index contributed by atoms with van der Waals surface area (Å²) in [5, 5.41) is 15.4. The smallest absolute Gasteiger partial charge is 0.349 e. The summed E-state index contributed by atoms with van der Waals surface area (Å²) in [6, 6.07) is 16.2. The van der Waals surface area contributed by atoms with Crippen molar-refractivity contribution < 1.29 is 14.4 Å². The van der Waals surface area contributed by atoms with Crippen LogP contribution < -0.4 is 20.7 Å². The molecule has 0 saturated carbocycles. The number of halogens is 1. The van der Waals surface area contributed by atoms with Crippen LogP contribution in [0.15, 0.2) is 79.8 Å². The van der Waals surface area contributed by atoms with Crippen molar-refractivity contribution >= 4 is 38.7 Å². The van der Waals surface area contributed by atoms with Gasteiger partial charge in [-0.3, -0.25) is 14.9 Å². The van der Waals surface area contributed by atoms with E-state index < -0.39 is 16.2 Å². The number of hydrogen-bond acceptors (Lipinski definition) is 7. The van der Waals surface area contributed by atoms with Crippen LogP contribution in [-0.2, 0) is 6.61 Å². The molecule has 4 aromatic rings. The number of rotatable bonds is 8. The zero-order valence-corrected chi connectivity index (χ0v) is 20.0. The summed E-state index contributed by atoms with van der Waals surface area (Å²) in [6.45, 7) is 2.24. The van der Waals surface area contributed by atoms with E-state index in [1.54, 1.807) is 48.5 Å². The Morgan fingerprint density at radius 3 is 2.69 bits per heavy atom. The topological polar surface area (TPSA) is 129 Å². The third-order valence-electron chi connectivity index (χ3n) is 4.94. The summed E-state index contributed by atoms with van der Waals surface area (Å²) < 4.78 is 12.9. The van der Waals surface area contributed by atoms with Crippen LogP contribution in [0.1, 0.15) is 18.1 Å². The maximum atomic E-state index is 12.7. The summed E-state index contributed by atoms with van der Waals surface area (Å²) in [7, 11) is 0. The van der Waals surface area contributed by atoms with Crippen LogP contribution in [-0.4, -0.2) is 27.4 Å². The van der Waals surface area contributed by atoms with Crippen LogP contribution in [0.2, 0.25) is 0 Å². The zero-order chi connectivity index (χ0) is 24.9. The molecule has 10 nitrogen and oxygen atoms in total. The van der Waals surface area contributed by atoms with Crippen molar-refractivity contribution in [1.29, 1.82) is 0 Å². The number of benzene rings is 3. The van der Waals surface area contributed by atoms with Crippen molar-refractivity contribution in [2.45, 2.75) is 13.5 Å². The Hall–Kier alpha value is -4.25. The van der Waals surface area contributed by atoms with Gasteiger partial charge in [0, 0.05) is 12.1 Å². The molecule has 0 aliphatic carbocycles. The molecule has 0 atom stereocenters. The molecule has 4 rings (SSSR count). The Balaban J connectivity index is 1.63. The highest BCUT2D eigenvalue weighted by atomic mass is 79.9. The molecule has 11 heteroatoms. The van der Waals surface area contributed by atoms with Gasteiger partial charge in [-0.25, -0.2) is 4.79 Å². The molecule has 0 radical (unpaired) electrons. The molecule has 0 bridgehead atoms. The first-order valence-corrected chi connectivity index (χ1v) is 11.3. The van der Waals surface area contributed by atoms with Crippen LogP contribution in [0.3, 0.4) is 0 Å². The second kappa shape index (κ2) is 10.3. The maximum absolute atomic E-state index is 12.7. The van der Waals surface area contributed by atoms with Gasteiger partial charge in [0.25, 0.3) is 11.2 Å². The zero-order valence-electron chi connectivity index (χ0n) is 18.4. The van der Waals surface area contributed by atoms with Crippen LogP contribution in [0, 0.1) is 10.1 Å². The molecule has 0 saturated heterocycles. The third-order valence-corrected chi connectivity index (χ3v) is 5.53. The number of non-ortho nitro benzene ring substituents is 1. The van der Waals surface area contributed by atoms with Crippen molar-refractivity contribution in [3.05, 3.63) is 107 Å². The highest BCUT2D eigenvalue weighted by Gasteiger charge is 2.14. The molecule has 0 spiro atoms. The summed E-state index contributed by atoms with van der Waals surface area (Å²) in [5.41, 5.74) is 0.366. The second-order valence-corrected chi connectivity index (χ2v) is 8.17. The van der Waals surface area contributed by atoms with Gasteiger partial charge in [0.2, 0.25) is 0 Å². The van der Waals surface area contributed by atoms with Crippen LogP contribution in [0.5, 0.6) is 11.5 Å². The molecule has 1 aromatic heterocycles. The Kier molecular flexibility index (Phi) is 7.06. The standard InChI is InChI=1S/C24H19BrN4O6/c1-2-34-21-12-16(13-26-28-23(30)18-8-3-4-9-20(18)27-24(28)31)11-19(25)22(21)35-14-15-6-5-7-17(10-15)29(32)33/h3-13H,2,14H2,1H3,(H,27,31). The Bertz CT molecular complexity index is 1560. The van der Waals surface area contributed by atoms with Gasteiger partial charge in [-0.05, 0) is 58.2 Å². The number of H-pyrrole nitrogens is 1. The Labute approximate surface area is 206 Å². The maximum Gasteiger partial charge on any atom is 0.349 e. The SMILES string of the molecule is CCOc1cc(C=Nn2c(=O)[nH]c3ccccc3c2=O)cc(Br)c1OCc1cccc([N+](=O)[O-])c1. The van der Waals surface area contributed by atoms with Crippen molar-refractivity contribution in [3.63, 3.8) is 0 Å². The molecule has 1 N–H and O–H groups in total. The van der Waals surface area contributed by atoms with Crippen molar-refractivity contribution in [2.24, 2.45) is 5.10 Å². The van der Waals surface area contributed by atoms with Gasteiger partial charge in [-0.15, -0.1) is 4.68 Å². The number of nitro benzene ring substituents is 1. The summed E-state index contributed by atoms with van der Waals surface area (Å²) in [4.78, 5) is 38.2. The van der Waals surface area contributed by atoms with E-state index in [0.29, 0.717) is 44.6 Å². The van der Waals surface area contributed by atoms with Crippen LogP contribution in [0.25, 0.3) is 10.9 Å². The minimum atomic E-state index is -0.661. The average Bonchev–Trinajstić information content (AvgIpc) is 2.84. The van der Waals surface area contributed by atoms with Crippen molar-refractivity contribution in [1.82, 2.24) is 9.66 Å². The Morgan fingerprint density at radius 2 is 1.91 bits per heavy atom. The lowest BCUT2D eigenvalue weighted by Gasteiger charge is -2.14. The molecule has 3 aromatic carbocycles. The molecule has 0 fully saturated rings. The molecular formula is C24H19BrN4O6. The Morgan fingerprint density at radius 1 is 1.11 bits per heavy atom. The fraction of sp³-hybridized carbons (Fsp3) is 0.125. The molecule has 35 heavy (non-hydrogen) atoms. The first-order valence-electron chi connectivity index (χ1n) is 10.5. The van der Waals surface area contributed by atoms with Gasteiger partial charge in [0.15, 0.2) is 11.5 Å². The number of fused-ring (bicyclic) bond motifs is 1. The minimum absolute atomic E-state index is 0.0272. The number of hydrogen-bond donors (Lipinski definition) is 1. The number of nitrogens with zero attached hydrogens (tertiary/aromatic N) is 3. The highest BCUT2D eigenvalue weighted by molar-refractivity contribution is 9.10. The normalized spacial score (nSPS) is 11.1. The lowest BCUT2D eigenvalue weighted by atomic mass is 10.2. The van der Waals surface area contributed by atoms with E-state index in [-0.39, 0.29) is 12.3 Å². The third kappa shape index (κ3) is 5.30. The van der Waals surface area contributed by atoms with E-state index in [0.717, 1.165) is 4.68 Å². The average molecular weight is 539 g/mol. The number of nitrogens with one attached hydrogen (secondary N) is 1. The van der Waals surface area contributed by atoms with Crippen LogP contribution >= 0.6 is 15.9 Å². The van der Waals surface area contributed by atoms with E-state index in [9.17, 15) is 19.7 Å². The highest BCUT2D eigenvalue weighted by Crippen LogP contribution is 2.37.